The topological polar surface area (TPSA) is 97.7 Å². The van der Waals surface area contributed by atoms with E-state index in [0.29, 0.717) is 22.3 Å². The molecule has 1 amide bonds. The second-order valence-electron chi connectivity index (χ2n) is 5.39. The van der Waals surface area contributed by atoms with Crippen LogP contribution in [0.15, 0.2) is 24.3 Å². The minimum atomic E-state index is -0.146. The third-order valence-electron chi connectivity index (χ3n) is 3.68. The predicted octanol–water partition coefficient (Wildman–Crippen LogP) is 3.06. The van der Waals surface area contributed by atoms with E-state index < -0.39 is 0 Å². The molecular formula is C16H18N6O2S2. The molecule has 0 spiro atoms. The third-order valence-corrected chi connectivity index (χ3v) is 4.98. The quantitative estimate of drug-likeness (QED) is 0.602. The van der Waals surface area contributed by atoms with Gasteiger partial charge in [0.25, 0.3) is 0 Å². The van der Waals surface area contributed by atoms with Gasteiger partial charge >= 0.3 is 0 Å². The maximum atomic E-state index is 12.2. The van der Waals surface area contributed by atoms with Crippen molar-refractivity contribution in [2.45, 2.75) is 26.3 Å². The number of nitrogens with one attached hydrogen (secondary N) is 2. The second-order valence-corrected chi connectivity index (χ2v) is 6.83. The first-order valence-corrected chi connectivity index (χ1v) is 9.25. The molecular weight excluding hydrogens is 372 g/mol. The Balaban J connectivity index is 1.68. The summed E-state index contributed by atoms with van der Waals surface area (Å²) in [5, 5.41) is 19.2. The van der Waals surface area contributed by atoms with Gasteiger partial charge in [0.2, 0.25) is 11.0 Å². The van der Waals surface area contributed by atoms with Gasteiger partial charge in [0.1, 0.15) is 10.8 Å². The number of rotatable bonds is 7. The average molecular weight is 390 g/mol. The Labute approximate surface area is 159 Å². The molecule has 0 radical (unpaired) electrons. The second kappa shape index (κ2) is 8.19. The van der Waals surface area contributed by atoms with Gasteiger partial charge in [0, 0.05) is 18.5 Å². The fraction of sp³-hybridized carbons (Fsp3) is 0.312. The number of hydrogen-bond acceptors (Lipinski definition) is 7. The number of benzene rings is 1. The van der Waals surface area contributed by atoms with Crippen molar-refractivity contribution in [3.05, 3.63) is 34.0 Å². The van der Waals surface area contributed by atoms with Crippen LogP contribution in [0.2, 0.25) is 0 Å². The highest BCUT2D eigenvalue weighted by molar-refractivity contribution is 7.71. The number of nitrogens with zero attached hydrogens (tertiary/aromatic N) is 4. The number of methoxy groups -OCH3 is 1. The Morgan fingerprint density at radius 2 is 2.12 bits per heavy atom. The van der Waals surface area contributed by atoms with Gasteiger partial charge in [-0.25, -0.2) is 0 Å². The van der Waals surface area contributed by atoms with Crippen molar-refractivity contribution in [3.63, 3.8) is 0 Å². The number of aromatic amines is 1. The number of carbonyl (C=O) groups is 1. The number of aryl methyl sites for hydroxylation is 1. The minimum absolute atomic E-state index is 0.146. The first-order valence-electron chi connectivity index (χ1n) is 8.02. The van der Waals surface area contributed by atoms with E-state index in [9.17, 15) is 4.79 Å². The predicted molar refractivity (Wildman–Crippen MR) is 102 cm³/mol. The molecule has 3 aromatic rings. The zero-order valence-corrected chi connectivity index (χ0v) is 16.0. The number of anilines is 1. The van der Waals surface area contributed by atoms with Crippen LogP contribution in [-0.2, 0) is 17.8 Å². The maximum absolute atomic E-state index is 12.2. The van der Waals surface area contributed by atoms with Crippen molar-refractivity contribution < 1.29 is 9.53 Å². The molecule has 136 valence electrons. The monoisotopic (exact) mass is 390 g/mol. The van der Waals surface area contributed by atoms with Crippen molar-refractivity contribution in [1.82, 2.24) is 25.0 Å². The van der Waals surface area contributed by atoms with Crippen LogP contribution in [-0.4, -0.2) is 38.0 Å². The molecule has 1 aromatic carbocycles. The van der Waals surface area contributed by atoms with Crippen molar-refractivity contribution >= 4 is 34.6 Å². The summed E-state index contributed by atoms with van der Waals surface area (Å²) in [5.41, 5.74) is 0.885. The van der Waals surface area contributed by atoms with Gasteiger partial charge in [-0.05, 0) is 42.9 Å². The Morgan fingerprint density at radius 3 is 2.77 bits per heavy atom. The molecule has 2 aromatic heterocycles. The van der Waals surface area contributed by atoms with E-state index in [0.717, 1.165) is 22.7 Å². The van der Waals surface area contributed by atoms with Crippen LogP contribution in [0, 0.1) is 4.77 Å². The van der Waals surface area contributed by atoms with Crippen LogP contribution in [0.25, 0.3) is 11.4 Å². The molecule has 8 nitrogen and oxygen atoms in total. The van der Waals surface area contributed by atoms with E-state index in [1.165, 1.54) is 11.3 Å². The zero-order chi connectivity index (χ0) is 18.5. The van der Waals surface area contributed by atoms with Crippen LogP contribution in [0.4, 0.5) is 5.13 Å². The van der Waals surface area contributed by atoms with Gasteiger partial charge in [0.05, 0.1) is 7.11 Å². The Kier molecular flexibility index (Phi) is 5.74. The summed E-state index contributed by atoms with van der Waals surface area (Å²) < 4.78 is 7.43. The van der Waals surface area contributed by atoms with Crippen LogP contribution in [0.5, 0.6) is 5.75 Å². The van der Waals surface area contributed by atoms with Crippen LogP contribution < -0.4 is 10.1 Å². The lowest BCUT2D eigenvalue weighted by Gasteiger charge is -2.07. The van der Waals surface area contributed by atoms with Crippen molar-refractivity contribution in [2.24, 2.45) is 0 Å². The van der Waals surface area contributed by atoms with Crippen LogP contribution >= 0.6 is 23.6 Å². The molecule has 2 N–H and O–H groups in total. The Morgan fingerprint density at radius 1 is 1.35 bits per heavy atom. The fourth-order valence-corrected chi connectivity index (χ4v) is 3.25. The Hall–Kier alpha value is -2.59. The summed E-state index contributed by atoms with van der Waals surface area (Å²) in [6.45, 7) is 2.40. The normalized spacial score (nSPS) is 10.7. The van der Waals surface area contributed by atoms with E-state index in [4.69, 9.17) is 17.0 Å². The van der Waals surface area contributed by atoms with Gasteiger partial charge in [-0.2, -0.15) is 5.10 Å². The van der Waals surface area contributed by atoms with E-state index >= 15 is 0 Å². The molecule has 0 saturated heterocycles. The van der Waals surface area contributed by atoms with Crippen molar-refractivity contribution in [2.75, 3.05) is 12.4 Å². The highest BCUT2D eigenvalue weighted by atomic mass is 32.1. The summed E-state index contributed by atoms with van der Waals surface area (Å²) in [6.07, 6.45) is 1.04. The molecule has 0 aliphatic carbocycles. The lowest BCUT2D eigenvalue weighted by molar-refractivity contribution is -0.116. The molecule has 0 bridgehead atoms. The highest BCUT2D eigenvalue weighted by Gasteiger charge is 2.12. The number of ether oxygens (including phenoxy) is 1. The summed E-state index contributed by atoms with van der Waals surface area (Å²) in [6, 6.07) is 7.50. The van der Waals surface area contributed by atoms with E-state index in [2.05, 4.69) is 25.7 Å². The molecule has 3 rings (SSSR count). The van der Waals surface area contributed by atoms with Crippen molar-refractivity contribution in [3.8, 4) is 17.1 Å². The number of carbonyl (C=O) groups excluding carboxylic acids is 1. The molecule has 26 heavy (non-hydrogen) atoms. The van der Waals surface area contributed by atoms with E-state index in [1.54, 1.807) is 11.7 Å². The standard InChI is InChI=1S/C16H18N6O2S2/c1-3-13-18-20-15(26-13)17-12(23)8-9-22-14(19-21-16(22)25)10-4-6-11(24-2)7-5-10/h4-7H,3,8-9H2,1-2H3,(H,21,25)(H,17,20,23). The zero-order valence-electron chi connectivity index (χ0n) is 14.4. The molecule has 0 unspecified atom stereocenters. The SMILES string of the molecule is CCc1nnc(NC(=O)CCn2c(-c3ccc(OC)cc3)n[nH]c2=S)s1. The number of aromatic nitrogens is 5. The molecule has 0 saturated carbocycles. The lowest BCUT2D eigenvalue weighted by Crippen LogP contribution is -2.15. The van der Waals surface area contributed by atoms with E-state index in [-0.39, 0.29) is 12.3 Å². The van der Waals surface area contributed by atoms with Crippen LogP contribution in [0.1, 0.15) is 18.4 Å². The number of hydrogen-bond donors (Lipinski definition) is 2. The average Bonchev–Trinajstić information content (AvgIpc) is 3.26. The van der Waals surface area contributed by atoms with Crippen molar-refractivity contribution in [1.29, 1.82) is 0 Å². The number of H-pyrrole nitrogens is 1. The smallest absolute Gasteiger partial charge is 0.227 e. The molecule has 0 atom stereocenters. The molecule has 0 aliphatic heterocycles. The lowest BCUT2D eigenvalue weighted by atomic mass is 10.2. The number of amides is 1. The van der Waals surface area contributed by atoms with Gasteiger partial charge in [-0.1, -0.05) is 18.3 Å². The molecule has 2 heterocycles. The van der Waals surface area contributed by atoms with E-state index in [1.807, 2.05) is 31.2 Å². The molecule has 10 heteroatoms. The summed E-state index contributed by atoms with van der Waals surface area (Å²) in [4.78, 5) is 12.2. The van der Waals surface area contributed by atoms with Gasteiger partial charge in [0.15, 0.2) is 10.6 Å². The largest absolute Gasteiger partial charge is 0.497 e. The molecule has 0 fully saturated rings. The highest BCUT2D eigenvalue weighted by Crippen LogP contribution is 2.21. The summed E-state index contributed by atoms with van der Waals surface area (Å²) >= 11 is 6.67. The Bertz CT molecular complexity index is 944. The minimum Gasteiger partial charge on any atom is -0.497 e. The first-order chi connectivity index (χ1) is 12.6. The molecule has 0 aliphatic rings. The van der Waals surface area contributed by atoms with Gasteiger partial charge < -0.3 is 10.1 Å². The maximum Gasteiger partial charge on any atom is 0.227 e. The van der Waals surface area contributed by atoms with Crippen LogP contribution in [0.3, 0.4) is 0 Å². The first kappa shape index (κ1) is 18.2. The third kappa shape index (κ3) is 4.14. The summed E-state index contributed by atoms with van der Waals surface area (Å²) in [5.74, 6) is 1.29. The van der Waals surface area contributed by atoms with Gasteiger partial charge in [-0.3, -0.25) is 14.5 Å². The fourth-order valence-electron chi connectivity index (χ4n) is 2.33. The van der Waals surface area contributed by atoms with Gasteiger partial charge in [-0.15, -0.1) is 10.2 Å². The summed E-state index contributed by atoms with van der Waals surface area (Å²) in [7, 11) is 1.62.